The molecule has 3 nitrogen and oxygen atoms in total. The summed E-state index contributed by atoms with van der Waals surface area (Å²) >= 11 is 0. The first-order chi connectivity index (χ1) is 13.5. The third kappa shape index (κ3) is 3.40. The van der Waals surface area contributed by atoms with Crippen molar-refractivity contribution < 1.29 is 4.74 Å². The van der Waals surface area contributed by atoms with Gasteiger partial charge in [-0.25, -0.2) is 0 Å². The zero-order chi connectivity index (χ0) is 19.7. The summed E-state index contributed by atoms with van der Waals surface area (Å²) in [5.41, 5.74) is 4.79. The number of aryl methyl sites for hydroxylation is 1. The number of nitrogens with zero attached hydrogens (tertiary/aromatic N) is 2. The molecule has 28 heavy (non-hydrogen) atoms. The van der Waals surface area contributed by atoms with Gasteiger partial charge in [-0.2, -0.15) is 0 Å². The van der Waals surface area contributed by atoms with E-state index in [4.69, 9.17) is 4.74 Å². The fourth-order valence-corrected chi connectivity index (χ4v) is 4.30. The third-order valence-electron chi connectivity index (χ3n) is 5.99. The summed E-state index contributed by atoms with van der Waals surface area (Å²) in [4.78, 5) is 4.30. The van der Waals surface area contributed by atoms with Crippen molar-refractivity contribution in [3.63, 3.8) is 0 Å². The predicted octanol–water partition coefficient (Wildman–Crippen LogP) is 6.42. The zero-order valence-corrected chi connectivity index (χ0v) is 17.4. The molecule has 1 aliphatic rings. The summed E-state index contributed by atoms with van der Waals surface area (Å²) in [5.74, 6) is 0. The molecular formula is C25H30N2O. The maximum absolute atomic E-state index is 6.44. The summed E-state index contributed by atoms with van der Waals surface area (Å²) < 4.78 is 8.70. The molecule has 2 unspecified atom stereocenters. The van der Waals surface area contributed by atoms with Gasteiger partial charge in [0.2, 0.25) is 0 Å². The Morgan fingerprint density at radius 3 is 2.75 bits per heavy atom. The van der Waals surface area contributed by atoms with E-state index < -0.39 is 0 Å². The van der Waals surface area contributed by atoms with Crippen molar-refractivity contribution in [1.29, 1.82) is 0 Å². The van der Waals surface area contributed by atoms with Gasteiger partial charge >= 0.3 is 0 Å². The maximum Gasteiger partial charge on any atom is 0.0876 e. The summed E-state index contributed by atoms with van der Waals surface area (Å²) in [6.45, 7) is 6.64. The molecule has 0 fully saturated rings. The average Bonchev–Trinajstić information content (AvgIpc) is 3.00. The molecule has 1 aromatic carbocycles. The van der Waals surface area contributed by atoms with Crippen molar-refractivity contribution >= 4 is 27.4 Å². The Morgan fingerprint density at radius 1 is 1.18 bits per heavy atom. The second-order valence-corrected chi connectivity index (χ2v) is 8.13. The molecule has 0 amide bonds. The zero-order valence-electron chi connectivity index (χ0n) is 17.4. The van der Waals surface area contributed by atoms with Gasteiger partial charge < -0.3 is 9.30 Å². The maximum atomic E-state index is 6.44. The first kappa shape index (κ1) is 18.9. The van der Waals surface area contributed by atoms with E-state index in [2.05, 4.69) is 79.9 Å². The minimum absolute atomic E-state index is 0.200. The quantitative estimate of drug-likeness (QED) is 0.497. The highest BCUT2D eigenvalue weighted by molar-refractivity contribution is 6.08. The van der Waals surface area contributed by atoms with E-state index in [9.17, 15) is 0 Å². The Labute approximate surface area is 167 Å². The lowest BCUT2D eigenvalue weighted by Crippen LogP contribution is -2.32. The number of aromatic nitrogens is 2. The summed E-state index contributed by atoms with van der Waals surface area (Å²) in [7, 11) is 2.13. The lowest BCUT2D eigenvalue weighted by atomic mass is 9.90. The van der Waals surface area contributed by atoms with Gasteiger partial charge in [-0.1, -0.05) is 50.6 Å². The first-order valence-corrected chi connectivity index (χ1v) is 10.4. The largest absolute Gasteiger partial charge is 0.368 e. The minimum Gasteiger partial charge on any atom is -0.368 e. The molecule has 2 atom stereocenters. The Kier molecular flexibility index (Phi) is 5.11. The topological polar surface area (TPSA) is 27.1 Å². The van der Waals surface area contributed by atoms with Crippen LogP contribution < -0.4 is 0 Å². The highest BCUT2D eigenvalue weighted by atomic mass is 16.5. The molecule has 0 saturated heterocycles. The van der Waals surface area contributed by atoms with Crippen LogP contribution in [0.15, 0.2) is 54.9 Å². The van der Waals surface area contributed by atoms with Gasteiger partial charge in [0.05, 0.1) is 17.2 Å². The van der Waals surface area contributed by atoms with E-state index in [1.807, 2.05) is 12.4 Å². The first-order valence-electron chi connectivity index (χ1n) is 10.4. The average molecular weight is 375 g/mol. The third-order valence-corrected chi connectivity index (χ3v) is 5.99. The molecule has 0 radical (unpaired) electrons. The van der Waals surface area contributed by atoms with Gasteiger partial charge in [0.25, 0.3) is 0 Å². The van der Waals surface area contributed by atoms with E-state index in [-0.39, 0.29) is 5.60 Å². The van der Waals surface area contributed by atoms with Crippen LogP contribution in [0, 0.1) is 0 Å². The summed E-state index contributed by atoms with van der Waals surface area (Å²) in [6, 6.07) is 8.82. The molecule has 0 N–H and O–H groups in total. The van der Waals surface area contributed by atoms with Crippen molar-refractivity contribution in [2.75, 3.05) is 0 Å². The number of pyridine rings is 1. The van der Waals surface area contributed by atoms with Crippen molar-refractivity contribution in [1.82, 2.24) is 9.55 Å². The van der Waals surface area contributed by atoms with Crippen LogP contribution in [0.2, 0.25) is 0 Å². The Hall–Kier alpha value is -2.39. The van der Waals surface area contributed by atoms with E-state index in [0.29, 0.717) is 6.10 Å². The molecular weight excluding hydrogens is 344 g/mol. The van der Waals surface area contributed by atoms with E-state index in [0.717, 1.165) is 19.3 Å². The fraction of sp³-hybridized carbons (Fsp3) is 0.400. The number of hydrogen-bond donors (Lipinski definition) is 0. The van der Waals surface area contributed by atoms with Gasteiger partial charge in [0, 0.05) is 35.7 Å². The highest BCUT2D eigenvalue weighted by Gasteiger charge is 2.27. The molecule has 0 saturated carbocycles. The minimum atomic E-state index is -0.200. The molecule has 4 rings (SSSR count). The van der Waals surface area contributed by atoms with E-state index in [1.165, 1.54) is 39.4 Å². The van der Waals surface area contributed by atoms with Crippen molar-refractivity contribution in [2.24, 2.45) is 7.05 Å². The number of fused-ring (bicyclic) bond motifs is 3. The van der Waals surface area contributed by atoms with Crippen LogP contribution in [0.25, 0.3) is 27.4 Å². The summed E-state index contributed by atoms with van der Waals surface area (Å²) in [6.07, 6.45) is 15.2. The van der Waals surface area contributed by atoms with Crippen molar-refractivity contribution in [2.45, 2.75) is 58.2 Å². The lowest BCUT2D eigenvalue weighted by Gasteiger charge is -2.33. The van der Waals surface area contributed by atoms with Crippen LogP contribution in [0.3, 0.4) is 0 Å². The van der Waals surface area contributed by atoms with Gasteiger partial charge in [-0.3, -0.25) is 4.98 Å². The molecule has 1 aliphatic carbocycles. The SMILES string of the molecule is CCCC(CC)OC1(C)C=CC(c2ccc3c4cnccc4n(C)c3c2)=CC1. The normalized spacial score (nSPS) is 20.6. The highest BCUT2D eigenvalue weighted by Crippen LogP contribution is 2.34. The molecule has 0 aliphatic heterocycles. The lowest BCUT2D eigenvalue weighted by molar-refractivity contribution is -0.0559. The molecule has 3 aromatic rings. The monoisotopic (exact) mass is 374 g/mol. The Morgan fingerprint density at radius 2 is 2.04 bits per heavy atom. The fourth-order valence-electron chi connectivity index (χ4n) is 4.30. The van der Waals surface area contributed by atoms with E-state index >= 15 is 0 Å². The van der Waals surface area contributed by atoms with Crippen LogP contribution in [0.5, 0.6) is 0 Å². The molecule has 146 valence electrons. The molecule has 0 bridgehead atoms. The van der Waals surface area contributed by atoms with Gasteiger partial charge in [-0.15, -0.1) is 0 Å². The molecule has 3 heteroatoms. The van der Waals surface area contributed by atoms with Gasteiger partial charge in [0.15, 0.2) is 0 Å². The number of allylic oxidation sites excluding steroid dienone is 2. The second kappa shape index (κ2) is 7.56. The Bertz CT molecular complexity index is 1060. The van der Waals surface area contributed by atoms with Crippen LogP contribution >= 0.6 is 0 Å². The van der Waals surface area contributed by atoms with Crippen molar-refractivity contribution in [3.05, 3.63) is 60.5 Å². The van der Waals surface area contributed by atoms with Crippen molar-refractivity contribution in [3.8, 4) is 0 Å². The van der Waals surface area contributed by atoms with E-state index in [1.54, 1.807) is 0 Å². The van der Waals surface area contributed by atoms with Crippen LogP contribution in [0.4, 0.5) is 0 Å². The molecule has 0 spiro atoms. The number of benzene rings is 1. The standard InChI is InChI=1S/C25H30N2O/c1-5-7-20(6-2)28-25(3)13-10-18(11-14-25)19-8-9-21-22-17-26-15-12-23(22)27(4)24(21)16-19/h8-13,15-17,20H,5-7,14H2,1-4H3. The van der Waals surface area contributed by atoms with Gasteiger partial charge in [-0.05, 0) is 49.5 Å². The second-order valence-electron chi connectivity index (χ2n) is 8.13. The van der Waals surface area contributed by atoms with Crippen LogP contribution in [-0.2, 0) is 11.8 Å². The molecule has 2 heterocycles. The smallest absolute Gasteiger partial charge is 0.0876 e. The van der Waals surface area contributed by atoms with Gasteiger partial charge in [0.1, 0.15) is 0 Å². The number of hydrogen-bond acceptors (Lipinski definition) is 2. The summed E-state index contributed by atoms with van der Waals surface area (Å²) in [5, 5.41) is 2.47. The molecule has 2 aromatic heterocycles. The number of ether oxygens (including phenoxy) is 1. The van der Waals surface area contributed by atoms with Crippen LogP contribution in [0.1, 0.15) is 52.0 Å². The predicted molar refractivity (Wildman–Crippen MR) is 118 cm³/mol. The van der Waals surface area contributed by atoms with Crippen LogP contribution in [-0.4, -0.2) is 21.3 Å². The number of rotatable bonds is 6. The Balaban J connectivity index is 1.61.